The van der Waals surface area contributed by atoms with Gasteiger partial charge in [0.25, 0.3) is 0 Å². The molecule has 0 aromatic heterocycles. The number of hydrogen-bond donors (Lipinski definition) is 2. The van der Waals surface area contributed by atoms with Crippen molar-refractivity contribution in [3.8, 4) is 0 Å². The number of rotatable bonds is 3. The highest BCUT2D eigenvalue weighted by atomic mass is 16.5. The van der Waals surface area contributed by atoms with Crippen LogP contribution in [-0.4, -0.2) is 31.1 Å². The Morgan fingerprint density at radius 3 is 3.05 bits per heavy atom. The van der Waals surface area contributed by atoms with Crippen molar-refractivity contribution in [1.29, 1.82) is 0 Å². The average molecular weight is 274 g/mol. The van der Waals surface area contributed by atoms with E-state index in [4.69, 9.17) is 4.74 Å². The Morgan fingerprint density at radius 2 is 2.25 bits per heavy atom. The number of anilines is 1. The van der Waals surface area contributed by atoms with Crippen molar-refractivity contribution < 1.29 is 14.3 Å². The minimum atomic E-state index is -0.402. The maximum atomic E-state index is 12.3. The zero-order chi connectivity index (χ0) is 13.9. The molecule has 5 nitrogen and oxygen atoms in total. The number of hydrogen-bond acceptors (Lipinski definition) is 3. The van der Waals surface area contributed by atoms with Gasteiger partial charge >= 0.3 is 0 Å². The number of ether oxygens (including phenoxy) is 1. The van der Waals surface area contributed by atoms with E-state index < -0.39 is 5.92 Å². The number of amides is 2. The third kappa shape index (κ3) is 2.67. The predicted molar refractivity (Wildman–Crippen MR) is 74.4 cm³/mol. The number of fused-ring (bicyclic) bond motifs is 1. The summed E-state index contributed by atoms with van der Waals surface area (Å²) < 4.78 is 5.49. The van der Waals surface area contributed by atoms with Crippen LogP contribution in [0.1, 0.15) is 30.7 Å². The Bertz CT molecular complexity index is 524. The minimum Gasteiger partial charge on any atom is -0.376 e. The molecule has 2 amide bonds. The first-order valence-electron chi connectivity index (χ1n) is 7.02. The first kappa shape index (κ1) is 13.1. The highest BCUT2D eigenvalue weighted by Gasteiger charge is 2.30. The van der Waals surface area contributed by atoms with Crippen molar-refractivity contribution in [2.45, 2.75) is 31.3 Å². The molecule has 0 aliphatic carbocycles. The summed E-state index contributed by atoms with van der Waals surface area (Å²) in [6.45, 7) is 1.30. The molecule has 1 aromatic rings. The molecule has 5 heteroatoms. The summed E-state index contributed by atoms with van der Waals surface area (Å²) in [7, 11) is 0. The second-order valence-electron chi connectivity index (χ2n) is 5.27. The van der Waals surface area contributed by atoms with Crippen LogP contribution in [0.15, 0.2) is 24.3 Å². The molecule has 0 unspecified atom stereocenters. The van der Waals surface area contributed by atoms with E-state index in [-0.39, 0.29) is 24.3 Å². The smallest absolute Gasteiger partial charge is 0.228 e. The van der Waals surface area contributed by atoms with E-state index in [1.807, 2.05) is 24.3 Å². The third-order valence-corrected chi connectivity index (χ3v) is 3.84. The molecular weight excluding hydrogens is 256 g/mol. The number of carbonyl (C=O) groups is 2. The molecule has 1 fully saturated rings. The molecule has 2 atom stereocenters. The molecule has 3 rings (SSSR count). The normalized spacial score (nSPS) is 24.9. The van der Waals surface area contributed by atoms with E-state index in [0.717, 1.165) is 30.7 Å². The van der Waals surface area contributed by atoms with Gasteiger partial charge in [-0.15, -0.1) is 0 Å². The van der Waals surface area contributed by atoms with Crippen molar-refractivity contribution in [3.05, 3.63) is 29.8 Å². The molecule has 0 spiro atoms. The molecule has 20 heavy (non-hydrogen) atoms. The first-order chi connectivity index (χ1) is 9.74. The van der Waals surface area contributed by atoms with Gasteiger partial charge in [-0.25, -0.2) is 0 Å². The number of para-hydroxylation sites is 1. The molecule has 0 bridgehead atoms. The predicted octanol–water partition coefficient (Wildman–Crippen LogP) is 1.41. The van der Waals surface area contributed by atoms with Gasteiger partial charge in [-0.2, -0.15) is 0 Å². The Kier molecular flexibility index (Phi) is 3.69. The van der Waals surface area contributed by atoms with Gasteiger partial charge in [0.1, 0.15) is 0 Å². The van der Waals surface area contributed by atoms with Gasteiger partial charge in [0.2, 0.25) is 11.8 Å². The molecule has 2 aliphatic rings. The highest BCUT2D eigenvalue weighted by Crippen LogP contribution is 2.31. The summed E-state index contributed by atoms with van der Waals surface area (Å²) in [6, 6.07) is 7.46. The summed E-state index contributed by atoms with van der Waals surface area (Å²) in [5.41, 5.74) is 1.62. The fourth-order valence-electron chi connectivity index (χ4n) is 2.79. The second-order valence-corrected chi connectivity index (χ2v) is 5.27. The zero-order valence-corrected chi connectivity index (χ0v) is 11.2. The van der Waals surface area contributed by atoms with Crippen molar-refractivity contribution >= 4 is 17.5 Å². The number of nitrogens with one attached hydrogen (secondary N) is 2. The van der Waals surface area contributed by atoms with Crippen LogP contribution in [0.4, 0.5) is 5.69 Å². The van der Waals surface area contributed by atoms with Crippen molar-refractivity contribution in [1.82, 2.24) is 5.32 Å². The first-order valence-corrected chi connectivity index (χ1v) is 7.02. The summed E-state index contributed by atoms with van der Waals surface area (Å²) in [5, 5.41) is 5.71. The standard InChI is InChI=1S/C15H18N2O3/c18-14-8-12(11-5-1-2-6-13(11)17-14)15(19)16-9-10-4-3-7-20-10/h1-2,5-6,10,12H,3-4,7-9H2,(H,16,19)(H,17,18)/t10-,12-/m0/s1. The van der Waals surface area contributed by atoms with Crippen LogP contribution in [0.5, 0.6) is 0 Å². The van der Waals surface area contributed by atoms with Crippen LogP contribution in [0.25, 0.3) is 0 Å². The van der Waals surface area contributed by atoms with Crippen LogP contribution in [0.2, 0.25) is 0 Å². The lowest BCUT2D eigenvalue weighted by molar-refractivity contribution is -0.126. The molecule has 2 aliphatic heterocycles. The molecule has 1 aromatic carbocycles. The fraction of sp³-hybridized carbons (Fsp3) is 0.467. The highest BCUT2D eigenvalue weighted by molar-refractivity contribution is 6.01. The quantitative estimate of drug-likeness (QED) is 0.875. The van der Waals surface area contributed by atoms with Crippen molar-refractivity contribution in [2.24, 2.45) is 0 Å². The van der Waals surface area contributed by atoms with E-state index in [1.165, 1.54) is 0 Å². The van der Waals surface area contributed by atoms with Crippen LogP contribution in [0, 0.1) is 0 Å². The SMILES string of the molecule is O=C1C[C@H](C(=O)NC[C@@H]2CCCO2)c2ccccc2N1. The van der Waals surface area contributed by atoms with E-state index in [9.17, 15) is 9.59 Å². The maximum absolute atomic E-state index is 12.3. The monoisotopic (exact) mass is 274 g/mol. The van der Waals surface area contributed by atoms with E-state index >= 15 is 0 Å². The molecular formula is C15H18N2O3. The Balaban J connectivity index is 1.69. The van der Waals surface area contributed by atoms with Crippen molar-refractivity contribution in [2.75, 3.05) is 18.5 Å². The maximum Gasteiger partial charge on any atom is 0.228 e. The molecule has 0 saturated carbocycles. The van der Waals surface area contributed by atoms with Crippen LogP contribution < -0.4 is 10.6 Å². The molecule has 2 heterocycles. The van der Waals surface area contributed by atoms with Crippen molar-refractivity contribution in [3.63, 3.8) is 0 Å². The number of benzene rings is 1. The largest absolute Gasteiger partial charge is 0.376 e. The topological polar surface area (TPSA) is 67.4 Å². The lowest BCUT2D eigenvalue weighted by Crippen LogP contribution is -2.38. The fourth-order valence-corrected chi connectivity index (χ4v) is 2.79. The molecule has 0 radical (unpaired) electrons. The van der Waals surface area contributed by atoms with Gasteiger partial charge in [0.05, 0.1) is 12.0 Å². The van der Waals surface area contributed by atoms with Gasteiger partial charge in [0, 0.05) is 25.3 Å². The van der Waals surface area contributed by atoms with Gasteiger partial charge in [-0.1, -0.05) is 18.2 Å². The van der Waals surface area contributed by atoms with Gasteiger partial charge in [0.15, 0.2) is 0 Å². The Morgan fingerprint density at radius 1 is 1.40 bits per heavy atom. The van der Waals surface area contributed by atoms with Crippen LogP contribution in [-0.2, 0) is 14.3 Å². The summed E-state index contributed by atoms with van der Waals surface area (Å²) >= 11 is 0. The molecule has 1 saturated heterocycles. The Labute approximate surface area is 117 Å². The zero-order valence-electron chi connectivity index (χ0n) is 11.2. The number of carbonyl (C=O) groups excluding carboxylic acids is 2. The van der Waals surface area contributed by atoms with Gasteiger partial charge in [-0.3, -0.25) is 9.59 Å². The van der Waals surface area contributed by atoms with E-state index in [2.05, 4.69) is 10.6 Å². The minimum absolute atomic E-state index is 0.0946. The average Bonchev–Trinajstić information content (AvgIpc) is 2.97. The summed E-state index contributed by atoms with van der Waals surface area (Å²) in [4.78, 5) is 24.0. The van der Waals surface area contributed by atoms with Gasteiger partial charge < -0.3 is 15.4 Å². The molecule has 106 valence electrons. The van der Waals surface area contributed by atoms with E-state index in [1.54, 1.807) is 0 Å². The third-order valence-electron chi connectivity index (χ3n) is 3.84. The summed E-state index contributed by atoms with van der Waals surface area (Å²) in [6.07, 6.45) is 2.36. The lowest BCUT2D eigenvalue weighted by atomic mass is 9.90. The van der Waals surface area contributed by atoms with E-state index in [0.29, 0.717) is 6.54 Å². The van der Waals surface area contributed by atoms with Crippen LogP contribution in [0.3, 0.4) is 0 Å². The lowest BCUT2D eigenvalue weighted by Gasteiger charge is -2.25. The molecule has 2 N–H and O–H groups in total. The van der Waals surface area contributed by atoms with Gasteiger partial charge in [-0.05, 0) is 24.5 Å². The van der Waals surface area contributed by atoms with Crippen LogP contribution >= 0.6 is 0 Å². The second kappa shape index (κ2) is 5.63. The summed E-state index contributed by atoms with van der Waals surface area (Å²) in [5.74, 6) is -0.606. The Hall–Kier alpha value is -1.88.